The molecule has 0 aliphatic heterocycles. The molecule has 0 spiro atoms. The van der Waals surface area contributed by atoms with Crippen LogP contribution in [0.1, 0.15) is 40.7 Å². The van der Waals surface area contributed by atoms with Gasteiger partial charge in [0.2, 0.25) is 6.41 Å². The summed E-state index contributed by atoms with van der Waals surface area (Å²) in [5.74, 6) is -0.0169. The molecule has 0 saturated carbocycles. The van der Waals surface area contributed by atoms with E-state index in [0.717, 1.165) is 23.3 Å². The molecule has 0 fully saturated rings. The lowest BCUT2D eigenvalue weighted by atomic mass is 10.1. The molecular weight excluding hydrogens is 433 g/mol. The van der Waals surface area contributed by atoms with E-state index in [9.17, 15) is 14.0 Å². The predicted octanol–water partition coefficient (Wildman–Crippen LogP) is 4.76. The third-order valence-electron chi connectivity index (χ3n) is 4.59. The number of aryl methyl sites for hydroxylation is 1. The summed E-state index contributed by atoms with van der Waals surface area (Å²) in [6, 6.07) is 11.2. The predicted molar refractivity (Wildman–Crippen MR) is 125 cm³/mol. The number of nitrogens with zero attached hydrogens (tertiary/aromatic N) is 1. The van der Waals surface area contributed by atoms with Crippen molar-refractivity contribution in [3.63, 3.8) is 0 Å². The van der Waals surface area contributed by atoms with Gasteiger partial charge in [-0.25, -0.2) is 9.18 Å². The molecule has 0 heterocycles. The number of carbonyl (C=O) groups is 2. The van der Waals surface area contributed by atoms with E-state index in [0.29, 0.717) is 37.7 Å². The summed E-state index contributed by atoms with van der Waals surface area (Å²) in [5.41, 5.74) is 2.64. The van der Waals surface area contributed by atoms with E-state index in [1.165, 1.54) is 12.1 Å². The summed E-state index contributed by atoms with van der Waals surface area (Å²) in [6.07, 6.45) is 0.761. The fourth-order valence-corrected chi connectivity index (χ4v) is 4.06. The second-order valence-corrected chi connectivity index (χ2v) is 8.18. The van der Waals surface area contributed by atoms with E-state index >= 15 is 0 Å². The van der Waals surface area contributed by atoms with E-state index in [2.05, 4.69) is 0 Å². The highest BCUT2D eigenvalue weighted by Gasteiger charge is 2.23. The molecule has 8 heteroatoms. The van der Waals surface area contributed by atoms with Crippen LogP contribution in [0.4, 0.5) is 10.1 Å². The Morgan fingerprint density at radius 3 is 2.38 bits per heavy atom. The van der Waals surface area contributed by atoms with Crippen LogP contribution < -0.4 is 4.90 Å². The van der Waals surface area contributed by atoms with Crippen molar-refractivity contribution in [2.75, 3.05) is 43.7 Å². The van der Waals surface area contributed by atoms with Crippen molar-refractivity contribution in [2.45, 2.75) is 26.1 Å². The van der Waals surface area contributed by atoms with Crippen LogP contribution in [0, 0.1) is 12.7 Å². The number of rotatable bonds is 14. The van der Waals surface area contributed by atoms with E-state index in [-0.39, 0.29) is 17.8 Å². The second kappa shape index (κ2) is 13.9. The van der Waals surface area contributed by atoms with Gasteiger partial charge in [0.25, 0.3) is 0 Å². The number of halogens is 1. The number of thioether (sulfide) groups is 1. The molecule has 0 aliphatic rings. The molecule has 2 aromatic rings. The normalized spacial score (nSPS) is 11.8. The first kappa shape index (κ1) is 25.8. The van der Waals surface area contributed by atoms with Gasteiger partial charge < -0.3 is 14.2 Å². The molecule has 2 rings (SSSR count). The van der Waals surface area contributed by atoms with Gasteiger partial charge in [-0.2, -0.15) is 0 Å². The van der Waals surface area contributed by atoms with Crippen molar-refractivity contribution in [3.05, 3.63) is 65.0 Å². The first-order valence-corrected chi connectivity index (χ1v) is 11.6. The zero-order chi connectivity index (χ0) is 23.3. The van der Waals surface area contributed by atoms with Crippen LogP contribution in [-0.2, 0) is 19.0 Å². The van der Waals surface area contributed by atoms with Gasteiger partial charge in [0.05, 0.1) is 25.4 Å². The van der Waals surface area contributed by atoms with Crippen LogP contribution in [-0.4, -0.2) is 51.2 Å². The Balaban J connectivity index is 2.06. The molecule has 0 aromatic heterocycles. The Morgan fingerprint density at radius 1 is 1.06 bits per heavy atom. The maximum absolute atomic E-state index is 13.4. The SMILES string of the molecule is CCOCCOCCOC(=O)c1ccc(N(C=O)C(SCC)c2ccc(F)cc2)c(C)c1. The number of carbonyl (C=O) groups excluding carboxylic acids is 2. The monoisotopic (exact) mass is 463 g/mol. The standard InChI is InChI=1S/C24H30FNO5S/c1-4-29-12-13-30-14-15-31-24(28)20-8-11-22(18(3)16-20)26(17-27)23(32-5-2)19-6-9-21(25)10-7-19/h6-11,16-17,23H,4-5,12-15H2,1-3H3. The number of ether oxygens (including phenoxy) is 3. The van der Waals surface area contributed by atoms with Crippen LogP contribution in [0.5, 0.6) is 0 Å². The third-order valence-corrected chi connectivity index (χ3v) is 5.74. The van der Waals surface area contributed by atoms with Gasteiger partial charge in [-0.05, 0) is 61.1 Å². The smallest absolute Gasteiger partial charge is 0.338 e. The van der Waals surface area contributed by atoms with E-state index < -0.39 is 5.97 Å². The van der Waals surface area contributed by atoms with Crippen LogP contribution in [0.2, 0.25) is 0 Å². The summed E-state index contributed by atoms with van der Waals surface area (Å²) >= 11 is 1.56. The lowest BCUT2D eigenvalue weighted by Gasteiger charge is -2.29. The molecule has 1 atom stereocenters. The van der Waals surface area contributed by atoms with Crippen molar-refractivity contribution in [3.8, 4) is 0 Å². The van der Waals surface area contributed by atoms with Crippen molar-refractivity contribution in [1.29, 1.82) is 0 Å². The van der Waals surface area contributed by atoms with E-state index in [1.807, 2.05) is 20.8 Å². The van der Waals surface area contributed by atoms with Gasteiger partial charge in [0.1, 0.15) is 17.8 Å². The van der Waals surface area contributed by atoms with Gasteiger partial charge in [-0.3, -0.25) is 9.69 Å². The fourth-order valence-electron chi connectivity index (χ4n) is 3.07. The lowest BCUT2D eigenvalue weighted by molar-refractivity contribution is -0.107. The van der Waals surface area contributed by atoms with Crippen LogP contribution in [0.25, 0.3) is 0 Å². The Morgan fingerprint density at radius 2 is 1.75 bits per heavy atom. The minimum Gasteiger partial charge on any atom is -0.460 e. The highest BCUT2D eigenvalue weighted by molar-refractivity contribution is 7.99. The molecule has 0 saturated heterocycles. The summed E-state index contributed by atoms with van der Waals surface area (Å²) < 4.78 is 29.1. The van der Waals surface area contributed by atoms with Crippen molar-refractivity contribution < 1.29 is 28.2 Å². The maximum Gasteiger partial charge on any atom is 0.338 e. The molecule has 1 unspecified atom stereocenters. The Hall–Kier alpha value is -2.42. The molecule has 1 amide bonds. The Kier molecular flexibility index (Phi) is 11.2. The highest BCUT2D eigenvalue weighted by atomic mass is 32.2. The molecule has 0 aliphatic carbocycles. The van der Waals surface area contributed by atoms with Crippen molar-refractivity contribution >= 4 is 29.8 Å². The number of hydrogen-bond acceptors (Lipinski definition) is 6. The van der Waals surface area contributed by atoms with Gasteiger partial charge in [0.15, 0.2) is 0 Å². The minimum absolute atomic E-state index is 0.145. The average Bonchev–Trinajstić information content (AvgIpc) is 2.79. The molecule has 2 aromatic carbocycles. The number of benzene rings is 2. The highest BCUT2D eigenvalue weighted by Crippen LogP contribution is 2.36. The zero-order valence-electron chi connectivity index (χ0n) is 18.7. The summed E-state index contributed by atoms with van der Waals surface area (Å²) in [6.45, 7) is 7.77. The maximum atomic E-state index is 13.4. The van der Waals surface area contributed by atoms with E-state index in [4.69, 9.17) is 14.2 Å². The van der Waals surface area contributed by atoms with Gasteiger partial charge in [-0.1, -0.05) is 19.1 Å². The Labute approximate surface area is 193 Å². The number of amides is 1. The van der Waals surface area contributed by atoms with Gasteiger partial charge in [0, 0.05) is 12.3 Å². The minimum atomic E-state index is -0.455. The van der Waals surface area contributed by atoms with Crippen LogP contribution >= 0.6 is 11.8 Å². The molecule has 0 radical (unpaired) electrons. The van der Waals surface area contributed by atoms with Crippen molar-refractivity contribution in [1.82, 2.24) is 0 Å². The first-order chi connectivity index (χ1) is 15.5. The summed E-state index contributed by atoms with van der Waals surface area (Å²) in [7, 11) is 0. The lowest BCUT2D eigenvalue weighted by Crippen LogP contribution is -2.26. The molecular formula is C24H30FNO5S. The van der Waals surface area contributed by atoms with Crippen molar-refractivity contribution in [2.24, 2.45) is 0 Å². The molecule has 32 heavy (non-hydrogen) atoms. The van der Waals surface area contributed by atoms with Gasteiger partial charge >= 0.3 is 5.97 Å². The van der Waals surface area contributed by atoms with Crippen LogP contribution in [0.3, 0.4) is 0 Å². The first-order valence-electron chi connectivity index (χ1n) is 10.6. The number of hydrogen-bond donors (Lipinski definition) is 0. The van der Waals surface area contributed by atoms with E-state index in [1.54, 1.807) is 47.0 Å². The van der Waals surface area contributed by atoms with Crippen LogP contribution in [0.15, 0.2) is 42.5 Å². The number of esters is 1. The molecule has 174 valence electrons. The summed E-state index contributed by atoms with van der Waals surface area (Å²) in [4.78, 5) is 26.0. The molecule has 0 bridgehead atoms. The largest absolute Gasteiger partial charge is 0.460 e. The Bertz CT molecular complexity index is 862. The third kappa shape index (κ3) is 7.62. The molecule has 0 N–H and O–H groups in total. The average molecular weight is 464 g/mol. The quantitative estimate of drug-likeness (QED) is 0.174. The fraction of sp³-hybridized carbons (Fsp3) is 0.417. The second-order valence-electron chi connectivity index (χ2n) is 6.82. The zero-order valence-corrected chi connectivity index (χ0v) is 19.5. The number of anilines is 1. The topological polar surface area (TPSA) is 65.1 Å². The summed E-state index contributed by atoms with van der Waals surface area (Å²) in [5, 5.41) is -0.316. The van der Waals surface area contributed by atoms with Gasteiger partial charge in [-0.15, -0.1) is 11.8 Å². The molecule has 6 nitrogen and oxygen atoms in total.